The van der Waals surface area contributed by atoms with Crippen molar-refractivity contribution in [3.63, 3.8) is 0 Å². The van der Waals surface area contributed by atoms with Gasteiger partial charge in [-0.15, -0.1) is 15.0 Å². The van der Waals surface area contributed by atoms with Crippen molar-refractivity contribution in [1.82, 2.24) is 15.0 Å². The van der Waals surface area contributed by atoms with Crippen molar-refractivity contribution in [2.45, 2.75) is 0 Å². The predicted octanol–water partition coefficient (Wildman–Crippen LogP) is 4.56. The van der Waals surface area contributed by atoms with Gasteiger partial charge in [0.2, 0.25) is 0 Å². The summed E-state index contributed by atoms with van der Waals surface area (Å²) in [5, 5.41) is 19.2. The van der Waals surface area contributed by atoms with Gasteiger partial charge >= 0.3 is 0 Å². The molecule has 0 saturated heterocycles. The second-order valence-electron chi connectivity index (χ2n) is 5.19. The molecule has 0 radical (unpaired) electrons. The largest absolute Gasteiger partial charge is 0.506 e. The molecule has 0 spiro atoms. The van der Waals surface area contributed by atoms with E-state index in [0.29, 0.717) is 5.69 Å². The molecule has 1 heterocycles. The highest BCUT2D eigenvalue weighted by Gasteiger charge is 2.10. The second kappa shape index (κ2) is 5.52. The molecule has 4 nitrogen and oxygen atoms in total. The summed E-state index contributed by atoms with van der Waals surface area (Å²) in [4.78, 5) is 1.46. The van der Waals surface area contributed by atoms with E-state index in [0.717, 1.165) is 26.6 Å². The molecule has 3 aromatic carbocycles. The molecule has 0 atom stereocenters. The Hall–Kier alpha value is -2.66. The Kier molecular flexibility index (Phi) is 3.35. The number of hydrogen-bond donors (Lipinski definition) is 1. The van der Waals surface area contributed by atoms with E-state index in [9.17, 15) is 5.11 Å². The molecule has 0 saturated carbocycles. The third-order valence-corrected chi connectivity index (χ3v) is 4.13. The van der Waals surface area contributed by atoms with Gasteiger partial charge < -0.3 is 5.11 Å². The van der Waals surface area contributed by atoms with Crippen molar-refractivity contribution in [2.24, 2.45) is 0 Å². The van der Waals surface area contributed by atoms with Crippen molar-refractivity contribution in [3.05, 3.63) is 71.2 Å². The van der Waals surface area contributed by atoms with Crippen LogP contribution in [0.15, 0.2) is 71.2 Å². The Morgan fingerprint density at radius 1 is 0.783 bits per heavy atom. The molecule has 1 N–H and O–H groups in total. The lowest BCUT2D eigenvalue weighted by Gasteiger charge is -2.06. The van der Waals surface area contributed by atoms with Gasteiger partial charge in [0.25, 0.3) is 0 Å². The maximum absolute atomic E-state index is 10.4. The molecule has 1 aromatic heterocycles. The van der Waals surface area contributed by atoms with Gasteiger partial charge in [0.15, 0.2) is 0 Å². The van der Waals surface area contributed by atoms with Gasteiger partial charge in [-0.3, -0.25) is 0 Å². The minimum absolute atomic E-state index is 0.144. The molecule has 4 aromatic rings. The Morgan fingerprint density at radius 3 is 2.35 bits per heavy atom. The van der Waals surface area contributed by atoms with Crippen LogP contribution in [0.2, 0.25) is 0 Å². The summed E-state index contributed by atoms with van der Waals surface area (Å²) >= 11 is 3.42. The van der Waals surface area contributed by atoms with Crippen molar-refractivity contribution in [3.8, 4) is 22.6 Å². The van der Waals surface area contributed by atoms with Crippen LogP contribution in [-0.4, -0.2) is 20.1 Å². The van der Waals surface area contributed by atoms with Gasteiger partial charge in [-0.1, -0.05) is 52.3 Å². The summed E-state index contributed by atoms with van der Waals surface area (Å²) in [5.74, 6) is 0.144. The smallest absolute Gasteiger partial charge is 0.143 e. The van der Waals surface area contributed by atoms with E-state index in [1.165, 1.54) is 4.80 Å². The van der Waals surface area contributed by atoms with E-state index in [1.54, 1.807) is 6.07 Å². The minimum atomic E-state index is 0.144. The minimum Gasteiger partial charge on any atom is -0.506 e. The van der Waals surface area contributed by atoms with Gasteiger partial charge in [-0.25, -0.2) is 0 Å². The number of rotatable bonds is 2. The van der Waals surface area contributed by atoms with E-state index in [-0.39, 0.29) is 5.75 Å². The third kappa shape index (κ3) is 2.59. The molecular formula is C18H12BrN3O. The fraction of sp³-hybridized carbons (Fsp3) is 0. The molecular weight excluding hydrogens is 354 g/mol. The molecule has 5 heteroatoms. The third-order valence-electron chi connectivity index (χ3n) is 3.64. The van der Waals surface area contributed by atoms with E-state index < -0.39 is 0 Å². The first-order valence-corrected chi connectivity index (χ1v) is 7.91. The van der Waals surface area contributed by atoms with E-state index in [2.05, 4.69) is 26.1 Å². The van der Waals surface area contributed by atoms with E-state index >= 15 is 0 Å². The fourth-order valence-corrected chi connectivity index (χ4v) is 2.85. The van der Waals surface area contributed by atoms with Crippen molar-refractivity contribution in [1.29, 1.82) is 0 Å². The van der Waals surface area contributed by atoms with Crippen LogP contribution in [0, 0.1) is 0 Å². The second-order valence-corrected chi connectivity index (χ2v) is 6.11. The predicted molar refractivity (Wildman–Crippen MR) is 93.7 cm³/mol. The Balaban J connectivity index is 1.79. The maximum atomic E-state index is 10.4. The number of hydrogen-bond acceptors (Lipinski definition) is 3. The van der Waals surface area contributed by atoms with Crippen LogP contribution in [0.4, 0.5) is 0 Å². The molecule has 0 fully saturated rings. The fourth-order valence-electron chi connectivity index (χ4n) is 2.50. The topological polar surface area (TPSA) is 50.9 Å². The van der Waals surface area contributed by atoms with Gasteiger partial charge in [0.05, 0.1) is 0 Å². The van der Waals surface area contributed by atoms with E-state index in [1.807, 2.05) is 60.7 Å². The zero-order chi connectivity index (χ0) is 15.8. The summed E-state index contributed by atoms with van der Waals surface area (Å²) < 4.78 is 0.945. The lowest BCUT2D eigenvalue weighted by molar-refractivity contribution is 0.468. The molecule has 4 rings (SSSR count). The first-order valence-electron chi connectivity index (χ1n) is 7.12. The van der Waals surface area contributed by atoms with Crippen LogP contribution >= 0.6 is 15.9 Å². The number of halogens is 1. The first kappa shape index (κ1) is 14.0. The van der Waals surface area contributed by atoms with Crippen LogP contribution in [0.25, 0.3) is 27.8 Å². The number of nitrogens with zero attached hydrogens (tertiary/aromatic N) is 3. The van der Waals surface area contributed by atoms with Crippen molar-refractivity contribution < 1.29 is 5.11 Å². The van der Waals surface area contributed by atoms with Crippen molar-refractivity contribution in [2.75, 3.05) is 0 Å². The number of phenolic OH excluding ortho intramolecular Hbond substituents is 1. The highest BCUT2D eigenvalue weighted by atomic mass is 79.9. The first-order chi connectivity index (χ1) is 11.2. The molecule has 0 unspecified atom stereocenters. The molecule has 0 aliphatic heterocycles. The van der Waals surface area contributed by atoms with Crippen LogP contribution in [0.3, 0.4) is 0 Å². The number of fused-ring (bicyclic) bond motifs is 1. The van der Waals surface area contributed by atoms with Crippen LogP contribution in [0.1, 0.15) is 0 Å². The number of benzene rings is 3. The summed E-state index contributed by atoms with van der Waals surface area (Å²) in [5.41, 5.74) is 4.10. The van der Waals surface area contributed by atoms with Gasteiger partial charge in [0.1, 0.15) is 22.5 Å². The number of phenols is 1. The van der Waals surface area contributed by atoms with Crippen LogP contribution in [0.5, 0.6) is 5.75 Å². The molecule has 0 amide bonds. The average molecular weight is 366 g/mol. The lowest BCUT2D eigenvalue weighted by atomic mass is 10.1. The standard InChI is InChI=1S/C18H12BrN3O/c19-14-7-8-15-16(11-14)21-22(20-15)17-9-6-13(10-18(17)23)12-4-2-1-3-5-12/h1-11,23H. The molecule has 0 aliphatic carbocycles. The molecule has 0 bridgehead atoms. The summed E-state index contributed by atoms with van der Waals surface area (Å²) in [7, 11) is 0. The Morgan fingerprint density at radius 2 is 1.57 bits per heavy atom. The molecule has 112 valence electrons. The summed E-state index contributed by atoms with van der Waals surface area (Å²) in [6.45, 7) is 0. The SMILES string of the molecule is Oc1cc(-c2ccccc2)ccc1-n1nc2ccc(Br)cc2n1. The highest BCUT2D eigenvalue weighted by molar-refractivity contribution is 9.10. The number of aromatic nitrogens is 3. The van der Waals surface area contributed by atoms with Crippen LogP contribution in [-0.2, 0) is 0 Å². The quantitative estimate of drug-likeness (QED) is 0.566. The Bertz CT molecular complexity index is 996. The molecule has 23 heavy (non-hydrogen) atoms. The Labute approximate surface area is 141 Å². The monoisotopic (exact) mass is 365 g/mol. The normalized spacial score (nSPS) is 11.0. The van der Waals surface area contributed by atoms with Gasteiger partial charge in [-0.05, 0) is 41.5 Å². The van der Waals surface area contributed by atoms with E-state index in [4.69, 9.17) is 0 Å². The summed E-state index contributed by atoms with van der Waals surface area (Å²) in [6.07, 6.45) is 0. The van der Waals surface area contributed by atoms with Crippen molar-refractivity contribution >= 4 is 27.0 Å². The van der Waals surface area contributed by atoms with Gasteiger partial charge in [0, 0.05) is 4.47 Å². The lowest BCUT2D eigenvalue weighted by Crippen LogP contribution is -1.99. The molecule has 0 aliphatic rings. The average Bonchev–Trinajstić information content (AvgIpc) is 2.98. The van der Waals surface area contributed by atoms with Crippen LogP contribution < -0.4 is 0 Å². The zero-order valence-electron chi connectivity index (χ0n) is 12.0. The zero-order valence-corrected chi connectivity index (χ0v) is 13.6. The number of aromatic hydroxyl groups is 1. The maximum Gasteiger partial charge on any atom is 0.143 e. The summed E-state index contributed by atoms with van der Waals surface area (Å²) in [6, 6.07) is 21.1. The van der Waals surface area contributed by atoms with Gasteiger partial charge in [-0.2, -0.15) is 0 Å². The highest BCUT2D eigenvalue weighted by Crippen LogP contribution is 2.29.